The van der Waals surface area contributed by atoms with E-state index in [9.17, 15) is 4.79 Å². The molecule has 6 heteroatoms. The molecular formula is C17H22N2O3S. The number of aromatic nitrogens is 1. The van der Waals surface area contributed by atoms with Gasteiger partial charge in [0, 0.05) is 10.4 Å². The lowest BCUT2D eigenvalue weighted by atomic mass is 10.1. The molecule has 0 aliphatic heterocycles. The summed E-state index contributed by atoms with van der Waals surface area (Å²) < 4.78 is 10.9. The monoisotopic (exact) mass is 334 g/mol. The fraction of sp³-hybridized carbons (Fsp3) is 0.412. The van der Waals surface area contributed by atoms with Crippen molar-refractivity contribution in [3.05, 3.63) is 29.1 Å². The Kier molecular flexibility index (Phi) is 5.60. The summed E-state index contributed by atoms with van der Waals surface area (Å²) in [5, 5.41) is 0.556. The fourth-order valence-electron chi connectivity index (χ4n) is 2.15. The molecule has 0 radical (unpaired) electrons. The maximum Gasteiger partial charge on any atom is 0.347 e. The quantitative estimate of drug-likeness (QED) is 0.813. The molecule has 0 amide bonds. The third kappa shape index (κ3) is 4.45. The van der Waals surface area contributed by atoms with Crippen LogP contribution in [0, 0.1) is 6.92 Å². The Labute approximate surface area is 140 Å². The zero-order valence-corrected chi connectivity index (χ0v) is 14.6. The molecule has 2 rings (SSSR count). The van der Waals surface area contributed by atoms with Gasteiger partial charge in [-0.3, -0.25) is 0 Å². The van der Waals surface area contributed by atoms with Crippen molar-refractivity contribution in [1.29, 1.82) is 0 Å². The summed E-state index contributed by atoms with van der Waals surface area (Å²) >= 11 is 1.47. The Balaban J connectivity index is 2.10. The van der Waals surface area contributed by atoms with Crippen LogP contribution in [0.25, 0.3) is 11.3 Å². The second kappa shape index (κ2) is 7.46. The van der Waals surface area contributed by atoms with Crippen LogP contribution in [0.2, 0.25) is 0 Å². The number of rotatable bonds is 6. The zero-order chi connectivity index (χ0) is 17.0. The molecule has 0 spiro atoms. The van der Waals surface area contributed by atoms with Crippen LogP contribution in [-0.4, -0.2) is 23.2 Å². The van der Waals surface area contributed by atoms with E-state index in [0.717, 1.165) is 16.1 Å². The van der Waals surface area contributed by atoms with Crippen LogP contribution in [-0.2, 0) is 9.53 Å². The van der Waals surface area contributed by atoms with Crippen molar-refractivity contribution in [3.8, 4) is 17.0 Å². The largest absolute Gasteiger partial charge is 0.479 e. The van der Waals surface area contributed by atoms with Crippen molar-refractivity contribution in [2.75, 3.05) is 5.73 Å². The Morgan fingerprint density at radius 3 is 2.43 bits per heavy atom. The number of nitrogens with zero attached hydrogens (tertiary/aromatic N) is 1. The number of hydrogen-bond acceptors (Lipinski definition) is 6. The number of benzene rings is 1. The summed E-state index contributed by atoms with van der Waals surface area (Å²) in [6.45, 7) is 7.52. The van der Waals surface area contributed by atoms with E-state index in [1.54, 1.807) is 0 Å². The third-order valence-electron chi connectivity index (χ3n) is 3.20. The summed E-state index contributed by atoms with van der Waals surface area (Å²) in [7, 11) is 0. The van der Waals surface area contributed by atoms with Gasteiger partial charge in [0.25, 0.3) is 0 Å². The SMILES string of the molecule is CCC(Oc1ccc(-c2nc(N)sc2C)cc1)C(=O)OC(C)C. The Hall–Kier alpha value is -2.08. The number of hydrogen-bond donors (Lipinski definition) is 1. The van der Waals surface area contributed by atoms with Crippen LogP contribution in [0.15, 0.2) is 24.3 Å². The molecule has 5 nitrogen and oxygen atoms in total. The van der Waals surface area contributed by atoms with Crippen molar-refractivity contribution >= 4 is 22.4 Å². The van der Waals surface area contributed by atoms with Gasteiger partial charge in [0.05, 0.1) is 11.8 Å². The van der Waals surface area contributed by atoms with Crippen LogP contribution >= 0.6 is 11.3 Å². The minimum atomic E-state index is -0.597. The molecule has 124 valence electrons. The zero-order valence-electron chi connectivity index (χ0n) is 13.8. The molecule has 2 aromatic rings. The van der Waals surface area contributed by atoms with Gasteiger partial charge in [-0.25, -0.2) is 9.78 Å². The van der Waals surface area contributed by atoms with E-state index >= 15 is 0 Å². The number of anilines is 1. The van der Waals surface area contributed by atoms with Gasteiger partial charge in [0.1, 0.15) is 5.75 Å². The summed E-state index contributed by atoms with van der Waals surface area (Å²) in [5.74, 6) is 0.289. The van der Waals surface area contributed by atoms with Gasteiger partial charge >= 0.3 is 5.97 Å². The normalized spacial score (nSPS) is 12.2. The van der Waals surface area contributed by atoms with E-state index in [4.69, 9.17) is 15.2 Å². The maximum absolute atomic E-state index is 12.0. The summed E-state index contributed by atoms with van der Waals surface area (Å²) in [5.41, 5.74) is 7.59. The van der Waals surface area contributed by atoms with Crippen LogP contribution in [0.3, 0.4) is 0 Å². The first kappa shape index (κ1) is 17.3. The highest BCUT2D eigenvalue weighted by molar-refractivity contribution is 7.15. The van der Waals surface area contributed by atoms with E-state index in [-0.39, 0.29) is 12.1 Å². The fourth-order valence-corrected chi connectivity index (χ4v) is 2.86. The summed E-state index contributed by atoms with van der Waals surface area (Å²) in [4.78, 5) is 17.4. The first-order chi connectivity index (χ1) is 10.9. The van der Waals surface area contributed by atoms with Crippen LogP contribution in [0.1, 0.15) is 32.1 Å². The van der Waals surface area contributed by atoms with Crippen molar-refractivity contribution < 1.29 is 14.3 Å². The average Bonchev–Trinajstić information content (AvgIpc) is 2.83. The third-order valence-corrected chi connectivity index (χ3v) is 4.00. The first-order valence-electron chi connectivity index (χ1n) is 7.61. The van der Waals surface area contributed by atoms with Crippen molar-refractivity contribution in [2.24, 2.45) is 0 Å². The lowest BCUT2D eigenvalue weighted by Crippen LogP contribution is -2.30. The molecule has 2 N–H and O–H groups in total. The van der Waals surface area contributed by atoms with E-state index in [2.05, 4.69) is 4.98 Å². The number of nitrogens with two attached hydrogens (primary N) is 1. The summed E-state index contributed by atoms with van der Waals surface area (Å²) in [6, 6.07) is 7.49. The number of carbonyl (C=O) groups is 1. The molecule has 1 heterocycles. The molecule has 0 aliphatic carbocycles. The maximum atomic E-state index is 12.0. The van der Waals surface area contributed by atoms with E-state index < -0.39 is 6.10 Å². The Morgan fingerprint density at radius 1 is 1.30 bits per heavy atom. The molecule has 0 aliphatic rings. The van der Waals surface area contributed by atoms with Gasteiger partial charge in [-0.2, -0.15) is 0 Å². The lowest BCUT2D eigenvalue weighted by Gasteiger charge is -2.18. The van der Waals surface area contributed by atoms with Crippen LogP contribution in [0.4, 0.5) is 5.13 Å². The standard InChI is InChI=1S/C17H22N2O3S/c1-5-14(16(20)21-10(2)3)22-13-8-6-12(7-9-13)15-11(4)23-17(18)19-15/h6-10,14H,5H2,1-4H3,(H2,18,19). The smallest absolute Gasteiger partial charge is 0.347 e. The first-order valence-corrected chi connectivity index (χ1v) is 8.42. The number of thiazole rings is 1. The number of carbonyl (C=O) groups excluding carboxylic acids is 1. The predicted molar refractivity (Wildman–Crippen MR) is 92.6 cm³/mol. The van der Waals surface area contributed by atoms with Gasteiger partial charge in [0.15, 0.2) is 11.2 Å². The molecule has 1 unspecified atom stereocenters. The van der Waals surface area contributed by atoms with E-state index in [0.29, 0.717) is 17.3 Å². The molecule has 23 heavy (non-hydrogen) atoms. The van der Waals surface area contributed by atoms with Gasteiger partial charge in [0.2, 0.25) is 0 Å². The van der Waals surface area contributed by atoms with Gasteiger partial charge < -0.3 is 15.2 Å². The van der Waals surface area contributed by atoms with Gasteiger partial charge in [-0.1, -0.05) is 6.92 Å². The van der Waals surface area contributed by atoms with Gasteiger partial charge in [-0.15, -0.1) is 11.3 Å². The Morgan fingerprint density at radius 2 is 1.96 bits per heavy atom. The minimum Gasteiger partial charge on any atom is -0.479 e. The number of esters is 1. The molecule has 1 aromatic heterocycles. The number of nitrogen functional groups attached to an aromatic ring is 1. The second-order valence-electron chi connectivity index (χ2n) is 5.48. The Bertz CT molecular complexity index is 665. The number of aryl methyl sites for hydroxylation is 1. The molecule has 0 saturated carbocycles. The van der Waals surface area contributed by atoms with E-state index in [1.165, 1.54) is 11.3 Å². The highest BCUT2D eigenvalue weighted by atomic mass is 32.1. The number of ether oxygens (including phenoxy) is 2. The highest BCUT2D eigenvalue weighted by Gasteiger charge is 2.21. The molecule has 1 aromatic carbocycles. The van der Waals surface area contributed by atoms with Crippen LogP contribution < -0.4 is 10.5 Å². The molecular weight excluding hydrogens is 312 g/mol. The molecule has 0 bridgehead atoms. The highest BCUT2D eigenvalue weighted by Crippen LogP contribution is 2.30. The van der Waals surface area contributed by atoms with Crippen molar-refractivity contribution in [3.63, 3.8) is 0 Å². The van der Waals surface area contributed by atoms with Gasteiger partial charge in [-0.05, 0) is 51.5 Å². The van der Waals surface area contributed by atoms with Crippen molar-refractivity contribution in [2.45, 2.75) is 46.3 Å². The van der Waals surface area contributed by atoms with Crippen molar-refractivity contribution in [1.82, 2.24) is 4.98 Å². The topological polar surface area (TPSA) is 74.4 Å². The minimum absolute atomic E-state index is 0.152. The predicted octanol–water partition coefficient (Wildman–Crippen LogP) is 3.81. The van der Waals surface area contributed by atoms with Crippen LogP contribution in [0.5, 0.6) is 5.75 Å². The summed E-state index contributed by atoms with van der Waals surface area (Å²) in [6.07, 6.45) is -0.199. The lowest BCUT2D eigenvalue weighted by molar-refractivity contribution is -0.155. The molecule has 1 atom stereocenters. The second-order valence-corrected chi connectivity index (χ2v) is 6.72. The molecule has 0 saturated heterocycles. The average molecular weight is 334 g/mol. The van der Waals surface area contributed by atoms with E-state index in [1.807, 2.05) is 52.0 Å². The molecule has 0 fully saturated rings.